The number of methoxy groups -OCH3 is 1. The van der Waals surface area contributed by atoms with E-state index in [-0.39, 0.29) is 24.0 Å². The fourth-order valence-corrected chi connectivity index (χ4v) is 7.05. The van der Waals surface area contributed by atoms with Crippen LogP contribution in [0.25, 0.3) is 22.3 Å². The number of amides is 1. The predicted octanol–water partition coefficient (Wildman–Crippen LogP) is 7.92. The number of benzene rings is 4. The number of anilines is 1. The Kier molecular flexibility index (Phi) is 10.2. The van der Waals surface area contributed by atoms with E-state index in [0.29, 0.717) is 22.5 Å². The minimum absolute atomic E-state index is 0.130. The van der Waals surface area contributed by atoms with Crippen molar-refractivity contribution in [2.45, 2.75) is 33.6 Å². The number of hydrogen-bond acceptors (Lipinski definition) is 6. The SMILES string of the molecule is COc1cc(C)c(-c2nc3ccccc3c(=O)n2N=Cc2cc(I)c(OCC(=O)Nc3ccccc3C)c(I)c2)cc1C(C)C. The third-order valence-corrected chi connectivity index (χ3v) is 8.91. The van der Waals surface area contributed by atoms with Gasteiger partial charge in [-0.3, -0.25) is 9.59 Å². The normalized spacial score (nSPS) is 11.4. The summed E-state index contributed by atoms with van der Waals surface area (Å²) in [7, 11) is 1.66. The second-order valence-electron chi connectivity index (χ2n) is 10.8. The first kappa shape index (κ1) is 32.6. The fraction of sp³-hybridized carbons (Fsp3) is 0.200. The van der Waals surface area contributed by atoms with Gasteiger partial charge in [-0.05, 0) is 130 Å². The molecular formula is C35H32I2N4O4. The molecule has 4 aromatic carbocycles. The standard InChI is InChI=1S/C35H32I2N4O4/c1-20(2)25-17-26(22(4)14-31(25)44-5)34-40-30-13-9-7-11-24(30)35(43)41(34)38-18-23-15-27(36)33(28(37)16-23)45-19-32(42)39-29-12-8-6-10-21(29)3/h6-18,20H,19H2,1-5H3,(H,39,42). The first-order chi connectivity index (χ1) is 21.6. The Morgan fingerprint density at radius 1 is 1.00 bits per heavy atom. The molecule has 0 bridgehead atoms. The third kappa shape index (κ3) is 7.22. The Bertz CT molecular complexity index is 1980. The van der Waals surface area contributed by atoms with Gasteiger partial charge in [0.15, 0.2) is 12.4 Å². The molecule has 5 rings (SSSR count). The Balaban J connectivity index is 1.49. The molecule has 1 amide bonds. The maximum atomic E-state index is 13.8. The maximum Gasteiger partial charge on any atom is 0.282 e. The molecule has 0 saturated heterocycles. The molecule has 0 aliphatic heterocycles. The number of aryl methyl sites for hydroxylation is 2. The van der Waals surface area contributed by atoms with Crippen LogP contribution in [0.3, 0.4) is 0 Å². The molecule has 0 atom stereocenters. The minimum atomic E-state index is -0.267. The lowest BCUT2D eigenvalue weighted by Gasteiger charge is -2.17. The lowest BCUT2D eigenvalue weighted by molar-refractivity contribution is -0.118. The number of aromatic nitrogens is 2. The van der Waals surface area contributed by atoms with Crippen LogP contribution in [0.2, 0.25) is 0 Å². The zero-order valence-corrected chi connectivity index (χ0v) is 29.8. The summed E-state index contributed by atoms with van der Waals surface area (Å²) in [6.45, 7) is 7.98. The highest BCUT2D eigenvalue weighted by Crippen LogP contribution is 2.34. The zero-order chi connectivity index (χ0) is 32.2. The van der Waals surface area contributed by atoms with Gasteiger partial charge < -0.3 is 14.8 Å². The van der Waals surface area contributed by atoms with E-state index < -0.39 is 0 Å². The Morgan fingerprint density at radius 2 is 1.69 bits per heavy atom. The van der Waals surface area contributed by atoms with Crippen LogP contribution in [0.15, 0.2) is 82.7 Å². The van der Waals surface area contributed by atoms with Crippen molar-refractivity contribution >= 4 is 73.9 Å². The van der Waals surface area contributed by atoms with Crippen LogP contribution in [0, 0.1) is 21.0 Å². The molecular weight excluding hydrogens is 794 g/mol. The maximum absolute atomic E-state index is 13.8. The van der Waals surface area contributed by atoms with Crippen LogP contribution in [0.5, 0.6) is 11.5 Å². The number of rotatable bonds is 9. The summed E-state index contributed by atoms with van der Waals surface area (Å²) < 4.78 is 14.5. The second kappa shape index (κ2) is 14.1. The lowest BCUT2D eigenvalue weighted by Crippen LogP contribution is -2.21. The van der Waals surface area contributed by atoms with Crippen LogP contribution in [0.4, 0.5) is 5.69 Å². The summed E-state index contributed by atoms with van der Waals surface area (Å²) in [4.78, 5) is 31.3. The molecule has 0 aliphatic carbocycles. The number of hydrogen-bond donors (Lipinski definition) is 1. The van der Waals surface area contributed by atoms with Gasteiger partial charge in [0.05, 0.1) is 31.4 Å². The molecule has 0 spiro atoms. The first-order valence-corrected chi connectivity index (χ1v) is 16.5. The molecule has 0 radical (unpaired) electrons. The molecule has 5 aromatic rings. The number of halogens is 2. The number of para-hydroxylation sites is 2. The summed E-state index contributed by atoms with van der Waals surface area (Å²) >= 11 is 4.36. The number of nitrogens with zero attached hydrogens (tertiary/aromatic N) is 3. The number of carbonyl (C=O) groups excluding carboxylic acids is 1. The highest BCUT2D eigenvalue weighted by atomic mass is 127. The highest BCUT2D eigenvalue weighted by Gasteiger charge is 2.19. The molecule has 230 valence electrons. The van der Waals surface area contributed by atoms with Crippen molar-refractivity contribution in [1.29, 1.82) is 0 Å². The van der Waals surface area contributed by atoms with E-state index in [1.807, 2.05) is 80.6 Å². The van der Waals surface area contributed by atoms with E-state index in [2.05, 4.69) is 69.4 Å². The third-order valence-electron chi connectivity index (χ3n) is 7.30. The van der Waals surface area contributed by atoms with Gasteiger partial charge in [0, 0.05) is 11.3 Å². The van der Waals surface area contributed by atoms with Crippen molar-refractivity contribution in [3.63, 3.8) is 0 Å². The van der Waals surface area contributed by atoms with Gasteiger partial charge >= 0.3 is 0 Å². The molecule has 0 unspecified atom stereocenters. The number of ether oxygens (including phenoxy) is 2. The Morgan fingerprint density at radius 3 is 2.38 bits per heavy atom. The first-order valence-electron chi connectivity index (χ1n) is 14.3. The van der Waals surface area contributed by atoms with Crippen LogP contribution in [0.1, 0.15) is 42.0 Å². The van der Waals surface area contributed by atoms with Crippen molar-refractivity contribution in [2.75, 3.05) is 19.0 Å². The van der Waals surface area contributed by atoms with Crippen LogP contribution < -0.4 is 20.3 Å². The monoisotopic (exact) mass is 826 g/mol. The van der Waals surface area contributed by atoms with E-state index in [9.17, 15) is 9.59 Å². The summed E-state index contributed by atoms with van der Waals surface area (Å²) in [5.41, 5.74) is 5.56. The van der Waals surface area contributed by atoms with Gasteiger partial charge in [-0.25, -0.2) is 4.98 Å². The van der Waals surface area contributed by atoms with E-state index in [1.165, 1.54) is 4.68 Å². The molecule has 45 heavy (non-hydrogen) atoms. The summed E-state index contributed by atoms with van der Waals surface area (Å²) in [6, 6.07) is 22.7. The number of nitrogens with one attached hydrogen (secondary N) is 1. The molecule has 0 fully saturated rings. The van der Waals surface area contributed by atoms with E-state index >= 15 is 0 Å². The second-order valence-corrected chi connectivity index (χ2v) is 13.2. The summed E-state index contributed by atoms with van der Waals surface area (Å²) in [5.74, 6) is 1.80. The smallest absolute Gasteiger partial charge is 0.282 e. The molecule has 1 heterocycles. The minimum Gasteiger partial charge on any atom is -0.496 e. The summed E-state index contributed by atoms with van der Waals surface area (Å²) in [6.07, 6.45) is 1.64. The van der Waals surface area contributed by atoms with Crippen molar-refractivity contribution < 1.29 is 14.3 Å². The molecule has 1 aromatic heterocycles. The quantitative estimate of drug-likeness (QED) is 0.121. The largest absolute Gasteiger partial charge is 0.496 e. The lowest BCUT2D eigenvalue weighted by atomic mass is 9.96. The van der Waals surface area contributed by atoms with E-state index in [0.717, 1.165) is 46.4 Å². The molecule has 8 nitrogen and oxygen atoms in total. The van der Waals surface area contributed by atoms with Gasteiger partial charge in [-0.1, -0.05) is 44.2 Å². The Hall–Kier alpha value is -3.78. The van der Waals surface area contributed by atoms with E-state index in [1.54, 1.807) is 19.4 Å². The summed E-state index contributed by atoms with van der Waals surface area (Å²) in [5, 5.41) is 8.04. The van der Waals surface area contributed by atoms with E-state index in [4.69, 9.17) is 14.5 Å². The molecule has 1 N–H and O–H groups in total. The molecule has 10 heteroatoms. The molecule has 0 saturated carbocycles. The van der Waals surface area contributed by atoms with Crippen LogP contribution in [-0.2, 0) is 4.79 Å². The number of carbonyl (C=O) groups is 1. The average molecular weight is 826 g/mol. The van der Waals surface area contributed by atoms with Crippen LogP contribution >= 0.6 is 45.2 Å². The van der Waals surface area contributed by atoms with Gasteiger partial charge in [-0.15, -0.1) is 0 Å². The molecule has 0 aliphatic rings. The average Bonchev–Trinajstić information content (AvgIpc) is 3.01. The topological polar surface area (TPSA) is 94.8 Å². The van der Waals surface area contributed by atoms with Crippen molar-refractivity contribution in [3.05, 3.63) is 113 Å². The van der Waals surface area contributed by atoms with Crippen LogP contribution in [-0.4, -0.2) is 35.5 Å². The highest BCUT2D eigenvalue weighted by molar-refractivity contribution is 14.1. The van der Waals surface area contributed by atoms with Gasteiger partial charge in [-0.2, -0.15) is 9.78 Å². The fourth-order valence-electron chi connectivity index (χ4n) is 4.93. The van der Waals surface area contributed by atoms with Crippen molar-refractivity contribution in [2.24, 2.45) is 5.10 Å². The predicted molar refractivity (Wildman–Crippen MR) is 197 cm³/mol. The van der Waals surface area contributed by atoms with Gasteiger partial charge in [0.25, 0.3) is 11.5 Å². The number of fused-ring (bicyclic) bond motifs is 1. The van der Waals surface area contributed by atoms with Gasteiger partial charge in [0.1, 0.15) is 11.5 Å². The Labute approximate surface area is 289 Å². The van der Waals surface area contributed by atoms with Crippen molar-refractivity contribution in [3.8, 4) is 22.9 Å². The zero-order valence-electron chi connectivity index (χ0n) is 25.5. The van der Waals surface area contributed by atoms with Gasteiger partial charge in [0.2, 0.25) is 0 Å². The van der Waals surface area contributed by atoms with Crippen molar-refractivity contribution in [1.82, 2.24) is 9.66 Å².